The number of aromatic nitrogens is 3. The lowest BCUT2D eigenvalue weighted by molar-refractivity contribution is -0.127. The lowest BCUT2D eigenvalue weighted by Crippen LogP contribution is -2.57. The van der Waals surface area contributed by atoms with Gasteiger partial charge >= 0.3 is 0 Å². The van der Waals surface area contributed by atoms with Crippen molar-refractivity contribution in [2.24, 2.45) is 11.8 Å². The number of nitrogens with zero attached hydrogens (tertiary/aromatic N) is 4. The summed E-state index contributed by atoms with van der Waals surface area (Å²) >= 11 is 1.78. The second kappa shape index (κ2) is 9.24. The zero-order chi connectivity index (χ0) is 21.0. The molecule has 0 spiro atoms. The number of rotatable bonds is 7. The van der Waals surface area contributed by atoms with Crippen molar-refractivity contribution < 1.29 is 4.79 Å². The van der Waals surface area contributed by atoms with E-state index in [-0.39, 0.29) is 11.8 Å². The van der Waals surface area contributed by atoms with E-state index in [0.29, 0.717) is 12.0 Å². The average molecular weight is 434 g/mol. The fraction of sp³-hybridized carbons (Fsp3) is 0.375. The van der Waals surface area contributed by atoms with E-state index < -0.39 is 0 Å². The van der Waals surface area contributed by atoms with Crippen LogP contribution in [0.2, 0.25) is 0 Å². The molecule has 7 heteroatoms. The van der Waals surface area contributed by atoms with E-state index in [0.717, 1.165) is 49.6 Å². The zero-order valence-electron chi connectivity index (χ0n) is 17.4. The highest BCUT2D eigenvalue weighted by molar-refractivity contribution is 7.98. The van der Waals surface area contributed by atoms with E-state index >= 15 is 0 Å². The van der Waals surface area contributed by atoms with Gasteiger partial charge in [-0.25, -0.2) is 0 Å². The van der Waals surface area contributed by atoms with Gasteiger partial charge < -0.3 is 5.32 Å². The highest BCUT2D eigenvalue weighted by Crippen LogP contribution is 2.37. The number of para-hydroxylation sites is 1. The molecule has 3 aromatic rings. The first-order chi connectivity index (χ1) is 15.2. The van der Waals surface area contributed by atoms with Crippen molar-refractivity contribution in [1.82, 2.24) is 19.9 Å². The molecule has 0 radical (unpaired) electrons. The minimum atomic E-state index is 0.0683. The first-order valence-electron chi connectivity index (χ1n) is 10.9. The summed E-state index contributed by atoms with van der Waals surface area (Å²) in [6, 6.07) is 20.6. The van der Waals surface area contributed by atoms with Gasteiger partial charge in [-0.15, -0.1) is 16.9 Å². The maximum absolute atomic E-state index is 12.8. The SMILES string of the molecule is O=C(Nc1ccccc1)[C@@H]1CN2CC[C@H]1C[C@@H]2Cn1cc(CSc2ccccc2)nn1. The number of amides is 1. The maximum atomic E-state index is 12.8. The molecule has 3 aliphatic heterocycles. The molecule has 4 atom stereocenters. The number of carbonyl (C=O) groups is 1. The smallest absolute Gasteiger partial charge is 0.229 e. The van der Waals surface area contributed by atoms with Crippen LogP contribution in [0, 0.1) is 11.8 Å². The van der Waals surface area contributed by atoms with Crippen molar-refractivity contribution in [3.63, 3.8) is 0 Å². The number of hydrogen-bond acceptors (Lipinski definition) is 5. The molecule has 6 rings (SSSR count). The molecule has 3 aliphatic rings. The van der Waals surface area contributed by atoms with Crippen LogP contribution < -0.4 is 5.32 Å². The van der Waals surface area contributed by atoms with Crippen LogP contribution in [0.3, 0.4) is 0 Å². The number of piperidine rings is 3. The Morgan fingerprint density at radius 2 is 1.87 bits per heavy atom. The third-order valence-electron chi connectivity index (χ3n) is 6.37. The third kappa shape index (κ3) is 4.83. The van der Waals surface area contributed by atoms with Crippen molar-refractivity contribution in [2.75, 3.05) is 18.4 Å². The number of carbonyl (C=O) groups excluding carboxylic acids is 1. The Hall–Kier alpha value is -2.64. The van der Waals surface area contributed by atoms with Gasteiger partial charge in [-0.1, -0.05) is 41.6 Å². The van der Waals surface area contributed by atoms with Gasteiger partial charge in [-0.05, 0) is 49.6 Å². The van der Waals surface area contributed by atoms with Crippen molar-refractivity contribution >= 4 is 23.4 Å². The molecule has 6 nitrogen and oxygen atoms in total. The Kier molecular flexibility index (Phi) is 6.04. The summed E-state index contributed by atoms with van der Waals surface area (Å²) in [7, 11) is 0. The van der Waals surface area contributed by atoms with Gasteiger partial charge in [0.05, 0.1) is 18.2 Å². The average Bonchev–Trinajstić information content (AvgIpc) is 3.27. The molecular weight excluding hydrogens is 406 g/mol. The van der Waals surface area contributed by atoms with Gasteiger partial charge in [0.25, 0.3) is 0 Å². The minimum Gasteiger partial charge on any atom is -0.326 e. The summed E-state index contributed by atoms with van der Waals surface area (Å²) in [4.78, 5) is 16.6. The van der Waals surface area contributed by atoms with E-state index in [1.807, 2.05) is 41.1 Å². The van der Waals surface area contributed by atoms with E-state index in [1.54, 1.807) is 11.8 Å². The molecule has 1 amide bonds. The van der Waals surface area contributed by atoms with Gasteiger partial charge in [-0.3, -0.25) is 14.4 Å². The van der Waals surface area contributed by atoms with Crippen LogP contribution in [-0.2, 0) is 17.1 Å². The number of thioether (sulfide) groups is 1. The molecule has 0 aliphatic carbocycles. The summed E-state index contributed by atoms with van der Waals surface area (Å²) in [6.45, 7) is 2.74. The van der Waals surface area contributed by atoms with Crippen LogP contribution in [0.25, 0.3) is 0 Å². The van der Waals surface area contributed by atoms with Crippen LogP contribution in [-0.4, -0.2) is 44.9 Å². The van der Waals surface area contributed by atoms with E-state index in [4.69, 9.17) is 0 Å². The molecule has 3 saturated heterocycles. The molecule has 1 aromatic heterocycles. The van der Waals surface area contributed by atoms with E-state index in [2.05, 4.69) is 51.0 Å². The van der Waals surface area contributed by atoms with Gasteiger partial charge in [-0.2, -0.15) is 0 Å². The van der Waals surface area contributed by atoms with Gasteiger partial charge in [0.15, 0.2) is 0 Å². The van der Waals surface area contributed by atoms with E-state index in [9.17, 15) is 4.79 Å². The van der Waals surface area contributed by atoms with Gasteiger partial charge in [0.2, 0.25) is 5.91 Å². The number of fused-ring (bicyclic) bond motifs is 3. The Balaban J connectivity index is 1.15. The van der Waals surface area contributed by atoms with Crippen LogP contribution in [0.15, 0.2) is 71.8 Å². The molecule has 2 bridgehead atoms. The first-order valence-corrected chi connectivity index (χ1v) is 11.9. The maximum Gasteiger partial charge on any atom is 0.229 e. The summed E-state index contributed by atoms with van der Waals surface area (Å²) in [5.74, 6) is 1.48. The quantitative estimate of drug-likeness (QED) is 0.572. The number of benzene rings is 2. The van der Waals surface area contributed by atoms with Crippen LogP contribution in [0.4, 0.5) is 5.69 Å². The number of hydrogen-bond donors (Lipinski definition) is 1. The topological polar surface area (TPSA) is 63.1 Å². The predicted octanol–water partition coefficient (Wildman–Crippen LogP) is 3.92. The largest absolute Gasteiger partial charge is 0.326 e. The number of anilines is 1. The Labute approximate surface area is 187 Å². The highest BCUT2D eigenvalue weighted by atomic mass is 32.2. The fourth-order valence-electron chi connectivity index (χ4n) is 4.77. The van der Waals surface area contributed by atoms with Gasteiger partial charge in [0, 0.05) is 35.1 Å². The molecule has 0 saturated carbocycles. The summed E-state index contributed by atoms with van der Waals surface area (Å²) in [5.41, 5.74) is 1.88. The summed E-state index contributed by atoms with van der Waals surface area (Å²) in [5, 5.41) is 11.8. The normalized spacial score (nSPS) is 24.8. The summed E-state index contributed by atoms with van der Waals surface area (Å²) < 4.78 is 1.98. The van der Waals surface area contributed by atoms with Crippen LogP contribution in [0.5, 0.6) is 0 Å². The zero-order valence-corrected chi connectivity index (χ0v) is 18.2. The van der Waals surface area contributed by atoms with Crippen LogP contribution >= 0.6 is 11.8 Å². The molecule has 4 heterocycles. The minimum absolute atomic E-state index is 0.0683. The third-order valence-corrected chi connectivity index (χ3v) is 7.42. The molecule has 1 unspecified atom stereocenters. The van der Waals surface area contributed by atoms with Crippen molar-refractivity contribution in [1.29, 1.82) is 0 Å². The first kappa shape index (κ1) is 20.3. The Morgan fingerprint density at radius 1 is 1.10 bits per heavy atom. The molecule has 160 valence electrons. The standard InChI is InChI=1S/C24H27N5OS/c30-24(25-19-7-3-1-4-8-19)23-16-28-12-11-18(23)13-21(28)15-29-14-20(26-27-29)17-31-22-9-5-2-6-10-22/h1-10,14,18,21,23H,11-13,15-17H2,(H,25,30)/t18-,21+,23+/m0/s1. The lowest BCUT2D eigenvalue weighted by Gasteiger charge is -2.49. The van der Waals surface area contributed by atoms with Crippen molar-refractivity contribution in [2.45, 2.75) is 36.1 Å². The fourth-order valence-corrected chi connectivity index (χ4v) is 5.56. The highest BCUT2D eigenvalue weighted by Gasteiger charge is 2.43. The Morgan fingerprint density at radius 3 is 2.61 bits per heavy atom. The van der Waals surface area contributed by atoms with Crippen molar-refractivity contribution in [3.8, 4) is 0 Å². The summed E-state index contributed by atoms with van der Waals surface area (Å²) in [6.07, 6.45) is 4.21. The second-order valence-electron chi connectivity index (χ2n) is 8.43. The molecular formula is C24H27N5OS. The van der Waals surface area contributed by atoms with Gasteiger partial charge in [0.1, 0.15) is 0 Å². The van der Waals surface area contributed by atoms with E-state index in [1.165, 1.54) is 4.90 Å². The molecule has 1 N–H and O–H groups in total. The monoisotopic (exact) mass is 433 g/mol. The predicted molar refractivity (Wildman–Crippen MR) is 123 cm³/mol. The second-order valence-corrected chi connectivity index (χ2v) is 9.48. The van der Waals surface area contributed by atoms with Crippen LogP contribution in [0.1, 0.15) is 18.5 Å². The lowest BCUT2D eigenvalue weighted by atomic mass is 9.75. The van der Waals surface area contributed by atoms with Crippen molar-refractivity contribution in [3.05, 3.63) is 72.6 Å². The molecule has 31 heavy (non-hydrogen) atoms. The molecule has 2 aromatic carbocycles. The Bertz CT molecular complexity index is 1010. The molecule has 3 fully saturated rings. The number of nitrogens with one attached hydrogen (secondary N) is 1.